The molecule has 0 fully saturated rings. The first-order valence-corrected chi connectivity index (χ1v) is 6.46. The third-order valence-corrected chi connectivity index (χ3v) is 2.44. The minimum atomic E-state index is -5.85. The van der Waals surface area contributed by atoms with Crippen LogP contribution < -0.4 is 0 Å². The molecule has 19 heavy (non-hydrogen) atoms. The molecule has 114 valence electrons. The zero-order valence-electron chi connectivity index (χ0n) is 9.75. The fourth-order valence-corrected chi connectivity index (χ4v) is 1.04. The summed E-state index contributed by atoms with van der Waals surface area (Å²) >= 11 is 0. The van der Waals surface area contributed by atoms with Crippen molar-refractivity contribution >= 4 is 16.1 Å². The van der Waals surface area contributed by atoms with Crippen molar-refractivity contribution in [2.45, 2.75) is 5.25 Å². The molecule has 0 aliphatic heterocycles. The number of hydrogen-bond donors (Lipinski definition) is 2. The summed E-state index contributed by atoms with van der Waals surface area (Å²) in [4.78, 5) is 10.7. The zero-order chi connectivity index (χ0) is 14.9. The monoisotopic (exact) mass is 308 g/mol. The molecule has 2 N–H and O–H groups in total. The molecule has 0 saturated heterocycles. The summed E-state index contributed by atoms with van der Waals surface area (Å²) in [5.41, 5.74) is 0. The molecule has 0 aromatic carbocycles. The number of halogens is 2. The van der Waals surface area contributed by atoms with Crippen molar-refractivity contribution in [2.24, 2.45) is 0 Å². The van der Waals surface area contributed by atoms with E-state index in [1.807, 2.05) is 0 Å². The van der Waals surface area contributed by atoms with Crippen molar-refractivity contribution in [1.82, 2.24) is 0 Å². The highest BCUT2D eigenvalue weighted by atomic mass is 32.2. The van der Waals surface area contributed by atoms with Crippen molar-refractivity contribution in [3.8, 4) is 0 Å². The number of carbonyl (C=O) groups is 1. The summed E-state index contributed by atoms with van der Waals surface area (Å²) in [5, 5.41) is 3.34. The van der Waals surface area contributed by atoms with Crippen molar-refractivity contribution in [3.05, 3.63) is 0 Å². The van der Waals surface area contributed by atoms with Gasteiger partial charge in [-0.05, 0) is 0 Å². The van der Waals surface area contributed by atoms with Crippen molar-refractivity contribution in [3.63, 3.8) is 0 Å². The third-order valence-electron chi connectivity index (χ3n) is 1.63. The summed E-state index contributed by atoms with van der Waals surface area (Å²) < 4.78 is 67.2. The van der Waals surface area contributed by atoms with Crippen LogP contribution in [0, 0.1) is 0 Å². The van der Waals surface area contributed by atoms with Crippen LogP contribution in [0.4, 0.5) is 8.78 Å². The molecule has 0 spiro atoms. The van der Waals surface area contributed by atoms with Crippen LogP contribution in [0.25, 0.3) is 0 Å². The van der Waals surface area contributed by atoms with Gasteiger partial charge in [0.15, 0.2) is 0 Å². The fourth-order valence-electron chi connectivity index (χ4n) is 0.769. The van der Waals surface area contributed by atoms with Gasteiger partial charge in [0.05, 0.1) is 33.0 Å². The third kappa shape index (κ3) is 6.73. The van der Waals surface area contributed by atoms with Gasteiger partial charge in [0.1, 0.15) is 6.61 Å². The Morgan fingerprint density at radius 1 is 1.05 bits per heavy atom. The Balaban J connectivity index is 3.76. The maximum atomic E-state index is 12.6. The van der Waals surface area contributed by atoms with E-state index in [2.05, 4.69) is 4.74 Å². The van der Waals surface area contributed by atoms with E-state index in [0.717, 1.165) is 0 Å². The predicted molar refractivity (Wildman–Crippen MR) is 56.2 cm³/mol. The molecule has 0 bridgehead atoms. The molecule has 0 amide bonds. The summed E-state index contributed by atoms with van der Waals surface area (Å²) in [5.74, 6) is -2.38. The Morgan fingerprint density at radius 3 is 2.00 bits per heavy atom. The van der Waals surface area contributed by atoms with Crippen LogP contribution in [-0.2, 0) is 29.1 Å². The number of rotatable bonds is 10. The first-order valence-electron chi connectivity index (χ1n) is 5.02. The van der Waals surface area contributed by atoms with Crippen LogP contribution in [0.3, 0.4) is 0 Å². The van der Waals surface area contributed by atoms with Crippen LogP contribution in [0.1, 0.15) is 0 Å². The van der Waals surface area contributed by atoms with Crippen molar-refractivity contribution in [2.75, 3.05) is 39.6 Å². The van der Waals surface area contributed by atoms with Gasteiger partial charge in [0.25, 0.3) is 0 Å². The first kappa shape index (κ1) is 18.1. The Morgan fingerprint density at radius 2 is 1.53 bits per heavy atom. The van der Waals surface area contributed by atoms with Crippen molar-refractivity contribution in [1.29, 1.82) is 0 Å². The molecule has 0 saturated carbocycles. The maximum Gasteiger partial charge on any atom is 0.465 e. The van der Waals surface area contributed by atoms with Crippen LogP contribution in [-0.4, -0.2) is 68.9 Å². The van der Waals surface area contributed by atoms with Gasteiger partial charge in [0, 0.05) is 0 Å². The summed E-state index contributed by atoms with van der Waals surface area (Å²) in [7, 11) is -5.85. The summed E-state index contributed by atoms with van der Waals surface area (Å²) in [6.07, 6.45) is 0. The molecule has 8 nitrogen and oxygen atoms in total. The second kappa shape index (κ2) is 8.32. The van der Waals surface area contributed by atoms with Crippen LogP contribution >= 0.6 is 0 Å². The molecule has 0 heterocycles. The molecule has 0 atom stereocenters. The second-order valence-electron chi connectivity index (χ2n) is 3.08. The van der Waals surface area contributed by atoms with E-state index in [1.54, 1.807) is 0 Å². The summed E-state index contributed by atoms with van der Waals surface area (Å²) in [6.45, 7) is -0.664. The molecule has 0 aliphatic carbocycles. The highest BCUT2D eigenvalue weighted by molar-refractivity contribution is 7.87. The molecular formula is C8H14F2O8S. The number of carbonyl (C=O) groups excluding carboxylic acids is 1. The number of aliphatic hydroxyl groups is 1. The number of ether oxygens (including phenoxy) is 3. The van der Waals surface area contributed by atoms with E-state index in [-0.39, 0.29) is 33.0 Å². The second-order valence-corrected chi connectivity index (χ2v) is 4.54. The lowest BCUT2D eigenvalue weighted by molar-refractivity contribution is -0.163. The minimum Gasteiger partial charge on any atom is -0.458 e. The van der Waals surface area contributed by atoms with Gasteiger partial charge < -0.3 is 19.3 Å². The molecule has 0 aliphatic rings. The topological polar surface area (TPSA) is 119 Å². The Kier molecular flexibility index (Phi) is 7.94. The fraction of sp³-hybridized carbons (Fsp3) is 0.875. The van der Waals surface area contributed by atoms with E-state index in [4.69, 9.17) is 19.1 Å². The Hall–Kier alpha value is -0.880. The maximum absolute atomic E-state index is 12.6. The average molecular weight is 308 g/mol. The summed E-state index contributed by atoms with van der Waals surface area (Å²) in [6, 6.07) is 0. The zero-order valence-corrected chi connectivity index (χ0v) is 10.6. The molecular weight excluding hydrogens is 294 g/mol. The first-order chi connectivity index (χ1) is 8.73. The molecule has 0 unspecified atom stereocenters. The molecule has 0 aromatic heterocycles. The largest absolute Gasteiger partial charge is 0.465 e. The number of alkyl halides is 2. The Labute approximate surface area is 108 Å². The normalized spacial score (nSPS) is 12.4. The molecule has 0 rings (SSSR count). The van der Waals surface area contributed by atoms with E-state index >= 15 is 0 Å². The lowest BCUT2D eigenvalue weighted by atomic mass is 10.6. The van der Waals surface area contributed by atoms with Gasteiger partial charge in [-0.2, -0.15) is 17.2 Å². The van der Waals surface area contributed by atoms with Gasteiger partial charge in [-0.3, -0.25) is 4.55 Å². The van der Waals surface area contributed by atoms with E-state index in [0.29, 0.717) is 0 Å². The van der Waals surface area contributed by atoms with E-state index in [9.17, 15) is 22.0 Å². The van der Waals surface area contributed by atoms with E-state index in [1.165, 1.54) is 0 Å². The number of esters is 1. The van der Waals surface area contributed by atoms with Gasteiger partial charge in [-0.1, -0.05) is 0 Å². The van der Waals surface area contributed by atoms with Gasteiger partial charge >= 0.3 is 21.3 Å². The highest BCUT2D eigenvalue weighted by Crippen LogP contribution is 2.21. The standard InChI is InChI=1S/C8H14F2O8S/c9-8(10,19(13,14)15)7(12)18-6-5-17-4-3-16-2-1-11/h11H,1-6H2,(H,13,14,15). The minimum absolute atomic E-state index is 0.0756. The Bertz CT molecular complexity index is 369. The smallest absolute Gasteiger partial charge is 0.458 e. The lowest BCUT2D eigenvalue weighted by Crippen LogP contribution is -2.39. The molecule has 0 aromatic rings. The number of aliphatic hydroxyl groups excluding tert-OH is 1. The average Bonchev–Trinajstić information content (AvgIpc) is 2.30. The highest BCUT2D eigenvalue weighted by Gasteiger charge is 2.54. The molecule has 0 radical (unpaired) electrons. The van der Waals surface area contributed by atoms with Crippen LogP contribution in [0.15, 0.2) is 0 Å². The van der Waals surface area contributed by atoms with Crippen LogP contribution in [0.5, 0.6) is 0 Å². The van der Waals surface area contributed by atoms with Gasteiger partial charge in [0.2, 0.25) is 0 Å². The predicted octanol–water partition coefficient (Wildman–Crippen LogP) is -0.964. The quantitative estimate of drug-likeness (QED) is 0.301. The van der Waals surface area contributed by atoms with Crippen molar-refractivity contribution < 1.29 is 45.9 Å². The van der Waals surface area contributed by atoms with Gasteiger partial charge in [-0.15, -0.1) is 0 Å². The van der Waals surface area contributed by atoms with E-state index < -0.39 is 27.9 Å². The van der Waals surface area contributed by atoms with Gasteiger partial charge in [-0.25, -0.2) is 4.79 Å². The SMILES string of the molecule is O=C(OCCOCCOCCO)C(F)(F)S(=O)(=O)O. The number of hydrogen-bond acceptors (Lipinski definition) is 7. The molecule has 11 heteroatoms. The lowest BCUT2D eigenvalue weighted by Gasteiger charge is -2.12. The van der Waals surface area contributed by atoms with Crippen LogP contribution in [0.2, 0.25) is 0 Å².